The number of hydrogen-bond donors (Lipinski definition) is 2. The Morgan fingerprint density at radius 2 is 1.95 bits per heavy atom. The van der Waals surface area contributed by atoms with Gasteiger partial charge in [0, 0.05) is 19.1 Å². The third-order valence-electron chi connectivity index (χ3n) is 4.38. The van der Waals surface area contributed by atoms with E-state index < -0.39 is 15.6 Å². The van der Waals surface area contributed by atoms with Crippen LogP contribution in [0.5, 0.6) is 0 Å². The molecule has 1 heterocycles. The fourth-order valence-electron chi connectivity index (χ4n) is 3.25. The van der Waals surface area contributed by atoms with E-state index in [1.165, 1.54) is 6.26 Å². The maximum absolute atomic E-state index is 11.2. The molecule has 1 saturated heterocycles. The summed E-state index contributed by atoms with van der Waals surface area (Å²) in [5, 5.41) is 10.6. The lowest BCUT2D eigenvalue weighted by molar-refractivity contribution is -0.0308. The Labute approximate surface area is 116 Å². The van der Waals surface area contributed by atoms with Gasteiger partial charge in [0.15, 0.2) is 0 Å². The van der Waals surface area contributed by atoms with Gasteiger partial charge in [-0.3, -0.25) is 4.90 Å². The number of hydrogen-bond acceptors (Lipinski definition) is 4. The first kappa shape index (κ1) is 15.2. The molecule has 0 amide bonds. The molecule has 5 nitrogen and oxygen atoms in total. The number of likely N-dealkylation sites (tertiary alicyclic amines) is 1. The lowest BCUT2D eigenvalue weighted by Gasteiger charge is -2.37. The number of sulfonamides is 1. The first-order valence-corrected chi connectivity index (χ1v) is 9.07. The topological polar surface area (TPSA) is 69.6 Å². The van der Waals surface area contributed by atoms with Crippen LogP contribution in [0.25, 0.3) is 0 Å². The van der Waals surface area contributed by atoms with Crippen molar-refractivity contribution in [2.45, 2.75) is 50.7 Å². The van der Waals surface area contributed by atoms with E-state index in [0.29, 0.717) is 13.1 Å². The van der Waals surface area contributed by atoms with Crippen LogP contribution in [0.4, 0.5) is 0 Å². The van der Waals surface area contributed by atoms with Crippen LogP contribution < -0.4 is 4.72 Å². The van der Waals surface area contributed by atoms with E-state index in [4.69, 9.17) is 0 Å². The molecule has 0 spiro atoms. The summed E-state index contributed by atoms with van der Waals surface area (Å²) in [6, 6.07) is 0.00103. The Bertz CT molecular complexity index is 402. The van der Waals surface area contributed by atoms with E-state index in [2.05, 4.69) is 16.5 Å². The van der Waals surface area contributed by atoms with Crippen molar-refractivity contribution in [1.82, 2.24) is 9.62 Å². The molecule has 1 unspecified atom stereocenters. The summed E-state index contributed by atoms with van der Waals surface area (Å²) in [4.78, 5) is 2.19. The minimum absolute atomic E-state index is 0.00103. The highest BCUT2D eigenvalue weighted by molar-refractivity contribution is 7.88. The molecule has 112 valence electrons. The van der Waals surface area contributed by atoms with Gasteiger partial charge in [-0.05, 0) is 44.6 Å². The molecule has 1 atom stereocenters. The maximum Gasteiger partial charge on any atom is 0.208 e. The molecule has 19 heavy (non-hydrogen) atoms. The molecule has 2 aliphatic rings. The van der Waals surface area contributed by atoms with Crippen LogP contribution in [-0.4, -0.2) is 56.0 Å². The molecule has 1 aliphatic heterocycles. The van der Waals surface area contributed by atoms with Crippen molar-refractivity contribution in [3.63, 3.8) is 0 Å². The zero-order valence-corrected chi connectivity index (χ0v) is 12.7. The van der Waals surface area contributed by atoms with Crippen LogP contribution in [0.1, 0.15) is 39.0 Å². The highest BCUT2D eigenvalue weighted by Crippen LogP contribution is 2.33. The number of aliphatic hydroxyl groups is 1. The number of nitrogens with zero attached hydrogens (tertiary/aromatic N) is 1. The fourth-order valence-corrected chi connectivity index (χ4v) is 4.05. The van der Waals surface area contributed by atoms with Crippen LogP contribution in [0.2, 0.25) is 0 Å². The molecule has 2 N–H and O–H groups in total. The summed E-state index contributed by atoms with van der Waals surface area (Å²) in [6.07, 6.45) is 5.96. The molecular formula is C13H26N2O3S. The second-order valence-electron chi connectivity index (χ2n) is 6.52. The van der Waals surface area contributed by atoms with Gasteiger partial charge in [-0.25, -0.2) is 13.1 Å². The molecule has 0 radical (unpaired) electrons. The molecule has 0 aromatic carbocycles. The van der Waals surface area contributed by atoms with Gasteiger partial charge in [0.25, 0.3) is 0 Å². The molecule has 0 aromatic rings. The molecular weight excluding hydrogens is 264 g/mol. The van der Waals surface area contributed by atoms with Crippen molar-refractivity contribution in [1.29, 1.82) is 0 Å². The predicted octanol–water partition coefficient (Wildman–Crippen LogP) is 0.551. The third-order valence-corrected chi connectivity index (χ3v) is 5.14. The highest BCUT2D eigenvalue weighted by Gasteiger charge is 2.36. The van der Waals surface area contributed by atoms with Crippen LogP contribution in [0, 0.1) is 5.92 Å². The Morgan fingerprint density at radius 3 is 2.53 bits per heavy atom. The first-order valence-electron chi connectivity index (χ1n) is 7.18. The first-order chi connectivity index (χ1) is 8.76. The van der Waals surface area contributed by atoms with Crippen molar-refractivity contribution < 1.29 is 13.5 Å². The Balaban J connectivity index is 1.81. The zero-order valence-electron chi connectivity index (χ0n) is 11.9. The van der Waals surface area contributed by atoms with Crippen LogP contribution >= 0.6 is 0 Å². The van der Waals surface area contributed by atoms with Gasteiger partial charge in [0.05, 0.1) is 11.9 Å². The van der Waals surface area contributed by atoms with Gasteiger partial charge in [-0.1, -0.05) is 6.92 Å². The third kappa shape index (κ3) is 4.70. The standard InChI is InChI=1S/C13H26N2O3S/c1-11-3-6-13(16,7-4-11)10-15-8-5-12(9-15)14-19(2,17)18/h11-12,14,16H,3-10H2,1-2H3. The summed E-state index contributed by atoms with van der Waals surface area (Å²) in [5.74, 6) is 0.721. The monoisotopic (exact) mass is 290 g/mol. The Hall–Kier alpha value is -0.170. The lowest BCUT2D eigenvalue weighted by atomic mass is 9.79. The van der Waals surface area contributed by atoms with Crippen LogP contribution in [0.15, 0.2) is 0 Å². The predicted molar refractivity (Wildman–Crippen MR) is 75.4 cm³/mol. The van der Waals surface area contributed by atoms with Crippen molar-refractivity contribution in [3.05, 3.63) is 0 Å². The van der Waals surface area contributed by atoms with Gasteiger partial charge in [-0.2, -0.15) is 0 Å². The van der Waals surface area contributed by atoms with Gasteiger partial charge in [0.1, 0.15) is 0 Å². The largest absolute Gasteiger partial charge is 0.389 e. The summed E-state index contributed by atoms with van der Waals surface area (Å²) in [6.45, 7) is 4.50. The van der Waals surface area contributed by atoms with E-state index >= 15 is 0 Å². The van der Waals surface area contributed by atoms with E-state index in [1.807, 2.05) is 0 Å². The number of rotatable bonds is 4. The minimum Gasteiger partial charge on any atom is -0.389 e. The van der Waals surface area contributed by atoms with Gasteiger partial charge < -0.3 is 5.11 Å². The van der Waals surface area contributed by atoms with Gasteiger partial charge in [-0.15, -0.1) is 0 Å². The second-order valence-corrected chi connectivity index (χ2v) is 8.30. The van der Waals surface area contributed by atoms with E-state index in [-0.39, 0.29) is 6.04 Å². The molecule has 2 fully saturated rings. The minimum atomic E-state index is -3.13. The summed E-state index contributed by atoms with van der Waals surface area (Å²) in [7, 11) is -3.13. The number of nitrogens with one attached hydrogen (secondary N) is 1. The quantitative estimate of drug-likeness (QED) is 0.793. The average molecular weight is 290 g/mol. The molecule has 0 aromatic heterocycles. The van der Waals surface area contributed by atoms with Crippen molar-refractivity contribution in [2.24, 2.45) is 5.92 Å². The van der Waals surface area contributed by atoms with Gasteiger partial charge in [0.2, 0.25) is 10.0 Å². The smallest absolute Gasteiger partial charge is 0.208 e. The molecule has 1 aliphatic carbocycles. The molecule has 2 rings (SSSR count). The van der Waals surface area contributed by atoms with Crippen LogP contribution in [0.3, 0.4) is 0 Å². The summed E-state index contributed by atoms with van der Waals surface area (Å²) < 4.78 is 25.1. The van der Waals surface area contributed by atoms with E-state index in [1.54, 1.807) is 0 Å². The van der Waals surface area contributed by atoms with E-state index in [0.717, 1.165) is 44.6 Å². The second kappa shape index (κ2) is 5.68. The summed E-state index contributed by atoms with van der Waals surface area (Å²) >= 11 is 0. The Morgan fingerprint density at radius 1 is 1.32 bits per heavy atom. The fraction of sp³-hybridized carbons (Fsp3) is 1.00. The van der Waals surface area contributed by atoms with E-state index in [9.17, 15) is 13.5 Å². The average Bonchev–Trinajstić information content (AvgIpc) is 2.67. The highest BCUT2D eigenvalue weighted by atomic mass is 32.2. The molecule has 1 saturated carbocycles. The molecule has 6 heteroatoms. The van der Waals surface area contributed by atoms with Crippen molar-refractivity contribution in [3.8, 4) is 0 Å². The maximum atomic E-state index is 11.2. The van der Waals surface area contributed by atoms with Gasteiger partial charge >= 0.3 is 0 Å². The number of β-amino-alcohol motifs (C(OH)–C–C–N with tert-alkyl or cyclic N) is 1. The van der Waals surface area contributed by atoms with Crippen LogP contribution in [-0.2, 0) is 10.0 Å². The van der Waals surface area contributed by atoms with Crippen molar-refractivity contribution >= 4 is 10.0 Å². The normalized spacial score (nSPS) is 37.6. The SMILES string of the molecule is CC1CCC(O)(CN2CCC(NS(C)(=O)=O)C2)CC1. The zero-order chi connectivity index (χ0) is 14.1. The Kier molecular flexibility index (Phi) is 4.55. The molecule has 0 bridgehead atoms. The lowest BCUT2D eigenvalue weighted by Crippen LogP contribution is -2.45. The van der Waals surface area contributed by atoms with Crippen molar-refractivity contribution in [2.75, 3.05) is 25.9 Å². The summed E-state index contributed by atoms with van der Waals surface area (Å²) in [5.41, 5.74) is -0.563.